The average molecular weight is 368 g/mol. The Hall–Kier alpha value is -2.40. The van der Waals surface area contributed by atoms with Gasteiger partial charge in [-0.05, 0) is 24.1 Å². The van der Waals surface area contributed by atoms with E-state index in [1.165, 1.54) is 5.56 Å². The maximum Gasteiger partial charge on any atom is 0.415 e. The SMILES string of the molecule is O=C(Oc1ccccc1)N1CCC(F)(CN[C@@H]2C[C@H]2c2ccccc2)CC1. The fraction of sp³-hybridized carbons (Fsp3) is 0.409. The van der Waals surface area contributed by atoms with Gasteiger partial charge in [0.2, 0.25) is 0 Å². The molecular formula is C22H25FN2O2. The van der Waals surface area contributed by atoms with Gasteiger partial charge in [-0.2, -0.15) is 0 Å². The van der Waals surface area contributed by atoms with Crippen molar-refractivity contribution in [1.29, 1.82) is 0 Å². The molecule has 4 rings (SSSR count). The van der Waals surface area contributed by atoms with Gasteiger partial charge in [-0.15, -0.1) is 0 Å². The van der Waals surface area contributed by atoms with E-state index in [0.717, 1.165) is 6.42 Å². The average Bonchev–Trinajstić information content (AvgIpc) is 3.48. The summed E-state index contributed by atoms with van der Waals surface area (Å²) in [4.78, 5) is 13.8. The predicted octanol–water partition coefficient (Wildman–Crippen LogP) is 4.14. The molecule has 1 heterocycles. The second-order valence-corrected chi connectivity index (χ2v) is 7.56. The van der Waals surface area contributed by atoms with Gasteiger partial charge in [-0.1, -0.05) is 48.5 Å². The molecule has 1 N–H and O–H groups in total. The number of rotatable bonds is 5. The second kappa shape index (κ2) is 7.69. The highest BCUT2D eigenvalue weighted by molar-refractivity contribution is 5.70. The number of benzene rings is 2. The number of nitrogens with one attached hydrogen (secondary N) is 1. The van der Waals surface area contributed by atoms with Crippen molar-refractivity contribution in [3.63, 3.8) is 0 Å². The molecule has 4 nitrogen and oxygen atoms in total. The van der Waals surface area contributed by atoms with E-state index in [0.29, 0.717) is 50.2 Å². The Bertz CT molecular complexity index is 760. The van der Waals surface area contributed by atoms with Gasteiger partial charge in [0.25, 0.3) is 0 Å². The fourth-order valence-corrected chi connectivity index (χ4v) is 3.72. The summed E-state index contributed by atoms with van der Waals surface area (Å²) < 4.78 is 20.5. The molecule has 1 saturated carbocycles. The molecule has 27 heavy (non-hydrogen) atoms. The lowest BCUT2D eigenvalue weighted by atomic mass is 9.93. The van der Waals surface area contributed by atoms with Crippen LogP contribution in [-0.4, -0.2) is 42.3 Å². The lowest BCUT2D eigenvalue weighted by Gasteiger charge is -2.36. The highest BCUT2D eigenvalue weighted by atomic mass is 19.1. The molecular weight excluding hydrogens is 343 g/mol. The largest absolute Gasteiger partial charge is 0.415 e. The van der Waals surface area contributed by atoms with Crippen molar-refractivity contribution < 1.29 is 13.9 Å². The van der Waals surface area contributed by atoms with Gasteiger partial charge in [-0.25, -0.2) is 9.18 Å². The number of amides is 1. The zero-order chi connectivity index (χ0) is 18.7. The normalized spacial score (nSPS) is 23.7. The second-order valence-electron chi connectivity index (χ2n) is 7.56. The molecule has 0 aromatic heterocycles. The van der Waals surface area contributed by atoms with Crippen LogP contribution in [0.1, 0.15) is 30.7 Å². The van der Waals surface area contributed by atoms with Crippen LogP contribution in [-0.2, 0) is 0 Å². The van der Waals surface area contributed by atoms with Crippen LogP contribution in [0.2, 0.25) is 0 Å². The Morgan fingerprint density at radius 2 is 1.70 bits per heavy atom. The Morgan fingerprint density at radius 1 is 1.07 bits per heavy atom. The van der Waals surface area contributed by atoms with Crippen LogP contribution in [0, 0.1) is 0 Å². The number of carbonyl (C=O) groups is 1. The van der Waals surface area contributed by atoms with Crippen molar-refractivity contribution in [2.75, 3.05) is 19.6 Å². The van der Waals surface area contributed by atoms with E-state index in [9.17, 15) is 4.79 Å². The molecule has 0 unspecified atom stereocenters. The Labute approximate surface area is 159 Å². The van der Waals surface area contributed by atoms with Crippen LogP contribution in [0.25, 0.3) is 0 Å². The minimum Gasteiger partial charge on any atom is -0.410 e. The van der Waals surface area contributed by atoms with Crippen molar-refractivity contribution in [3.8, 4) is 5.75 Å². The molecule has 1 aliphatic carbocycles. The number of piperidine rings is 1. The Kier molecular flexibility index (Phi) is 5.12. The standard InChI is InChI=1S/C22H25FN2O2/c23-22(16-24-20-15-19(20)17-7-3-1-4-8-17)11-13-25(14-12-22)21(26)27-18-9-5-2-6-10-18/h1-10,19-20,24H,11-16H2/t19-,20+/m0/s1. The van der Waals surface area contributed by atoms with Crippen molar-refractivity contribution in [1.82, 2.24) is 10.2 Å². The lowest BCUT2D eigenvalue weighted by molar-refractivity contribution is 0.0590. The molecule has 0 bridgehead atoms. The van der Waals surface area contributed by atoms with E-state index in [2.05, 4.69) is 17.4 Å². The van der Waals surface area contributed by atoms with Crippen LogP contribution in [0.15, 0.2) is 60.7 Å². The third kappa shape index (κ3) is 4.48. The summed E-state index contributed by atoms with van der Waals surface area (Å²) >= 11 is 0. The van der Waals surface area contributed by atoms with Gasteiger partial charge in [0, 0.05) is 44.4 Å². The summed E-state index contributed by atoms with van der Waals surface area (Å²) in [5.41, 5.74) is 0.0641. The zero-order valence-electron chi connectivity index (χ0n) is 15.3. The van der Waals surface area contributed by atoms with Crippen molar-refractivity contribution in [2.45, 2.75) is 36.9 Å². The topological polar surface area (TPSA) is 41.6 Å². The first-order valence-corrected chi connectivity index (χ1v) is 9.62. The van der Waals surface area contributed by atoms with E-state index in [1.807, 2.05) is 36.4 Å². The van der Waals surface area contributed by atoms with Gasteiger partial charge in [-0.3, -0.25) is 0 Å². The van der Waals surface area contributed by atoms with Crippen LogP contribution in [0.4, 0.5) is 9.18 Å². The van der Waals surface area contributed by atoms with Crippen LogP contribution in [0.3, 0.4) is 0 Å². The number of nitrogens with zero attached hydrogens (tertiary/aromatic N) is 1. The summed E-state index contributed by atoms with van der Waals surface area (Å²) in [6.45, 7) is 1.12. The predicted molar refractivity (Wildman–Crippen MR) is 103 cm³/mol. The van der Waals surface area contributed by atoms with Gasteiger partial charge in [0.05, 0.1) is 0 Å². The van der Waals surface area contributed by atoms with Crippen LogP contribution < -0.4 is 10.1 Å². The van der Waals surface area contributed by atoms with E-state index < -0.39 is 11.8 Å². The van der Waals surface area contributed by atoms with Crippen LogP contribution >= 0.6 is 0 Å². The molecule has 1 aliphatic heterocycles. The molecule has 2 aromatic carbocycles. The smallest absolute Gasteiger partial charge is 0.410 e. The molecule has 1 amide bonds. The number of ether oxygens (including phenoxy) is 1. The highest BCUT2D eigenvalue weighted by Crippen LogP contribution is 2.41. The van der Waals surface area contributed by atoms with E-state index in [1.54, 1.807) is 17.0 Å². The lowest BCUT2D eigenvalue weighted by Crippen LogP contribution is -2.49. The molecule has 142 valence electrons. The minimum atomic E-state index is -1.26. The maximum absolute atomic E-state index is 15.1. The van der Waals surface area contributed by atoms with E-state index in [4.69, 9.17) is 4.74 Å². The zero-order valence-corrected chi connectivity index (χ0v) is 15.3. The molecule has 2 fully saturated rings. The van der Waals surface area contributed by atoms with E-state index in [-0.39, 0.29) is 0 Å². The number of alkyl halides is 1. The fourth-order valence-electron chi connectivity index (χ4n) is 3.72. The summed E-state index contributed by atoms with van der Waals surface area (Å²) in [5.74, 6) is 1.01. The molecule has 0 spiro atoms. The summed E-state index contributed by atoms with van der Waals surface area (Å²) in [7, 11) is 0. The first-order valence-electron chi connectivity index (χ1n) is 9.62. The van der Waals surface area contributed by atoms with Crippen molar-refractivity contribution >= 4 is 6.09 Å². The molecule has 1 saturated heterocycles. The monoisotopic (exact) mass is 368 g/mol. The highest BCUT2D eigenvalue weighted by Gasteiger charge is 2.42. The third-order valence-electron chi connectivity index (χ3n) is 5.57. The number of carbonyl (C=O) groups excluding carboxylic acids is 1. The Balaban J connectivity index is 1.22. The summed E-state index contributed by atoms with van der Waals surface area (Å²) in [5, 5.41) is 3.39. The van der Waals surface area contributed by atoms with Gasteiger partial charge in [0.15, 0.2) is 0 Å². The molecule has 5 heteroatoms. The number of hydrogen-bond donors (Lipinski definition) is 1. The molecule has 2 atom stereocenters. The first-order chi connectivity index (χ1) is 13.1. The van der Waals surface area contributed by atoms with Crippen molar-refractivity contribution in [2.24, 2.45) is 0 Å². The number of para-hydroxylation sites is 1. The first kappa shape index (κ1) is 18.0. The quantitative estimate of drug-likeness (QED) is 0.863. The Morgan fingerprint density at radius 3 is 2.37 bits per heavy atom. The number of hydrogen-bond acceptors (Lipinski definition) is 3. The van der Waals surface area contributed by atoms with Crippen molar-refractivity contribution in [3.05, 3.63) is 66.2 Å². The molecule has 0 radical (unpaired) electrons. The number of halogens is 1. The van der Waals surface area contributed by atoms with Crippen LogP contribution in [0.5, 0.6) is 5.75 Å². The van der Waals surface area contributed by atoms with Gasteiger partial charge in [0.1, 0.15) is 11.4 Å². The van der Waals surface area contributed by atoms with Gasteiger partial charge < -0.3 is 15.0 Å². The minimum absolute atomic E-state index is 0.340. The van der Waals surface area contributed by atoms with Gasteiger partial charge >= 0.3 is 6.09 Å². The summed E-state index contributed by atoms with van der Waals surface area (Å²) in [6.07, 6.45) is 1.34. The van der Waals surface area contributed by atoms with E-state index >= 15 is 4.39 Å². The third-order valence-corrected chi connectivity index (χ3v) is 5.57. The molecule has 2 aromatic rings. The summed E-state index contributed by atoms with van der Waals surface area (Å²) in [6, 6.07) is 19.7. The maximum atomic E-state index is 15.1. The molecule has 2 aliphatic rings. The number of likely N-dealkylation sites (tertiary alicyclic amines) is 1.